The Bertz CT molecular complexity index is 1070. The van der Waals surface area contributed by atoms with Crippen molar-refractivity contribution in [3.8, 4) is 5.75 Å². The molecule has 2 aromatic carbocycles. The van der Waals surface area contributed by atoms with Crippen LogP contribution in [0, 0.1) is 0 Å². The minimum Gasteiger partial charge on any atom is -0.497 e. The van der Waals surface area contributed by atoms with Crippen molar-refractivity contribution < 1.29 is 14.6 Å². The van der Waals surface area contributed by atoms with E-state index in [0.29, 0.717) is 5.13 Å². The maximum absolute atomic E-state index is 12.6. The van der Waals surface area contributed by atoms with Crippen LogP contribution in [0.1, 0.15) is 6.99 Å². The minimum atomic E-state index is -3.62. The van der Waals surface area contributed by atoms with E-state index in [9.17, 15) is 8.42 Å². The molecule has 0 fully saturated rings. The van der Waals surface area contributed by atoms with Gasteiger partial charge in [-0.25, -0.2) is 13.4 Å². The van der Waals surface area contributed by atoms with Crippen molar-refractivity contribution in [3.05, 3.63) is 59.6 Å². The van der Waals surface area contributed by atoms with Crippen molar-refractivity contribution in [2.75, 3.05) is 41.7 Å². The van der Waals surface area contributed by atoms with Gasteiger partial charge >= 0.3 is 0 Å². The van der Waals surface area contributed by atoms with E-state index in [1.165, 1.54) is 11.3 Å². The van der Waals surface area contributed by atoms with Crippen LogP contribution in [0.5, 0.6) is 5.75 Å². The largest absolute Gasteiger partial charge is 0.497 e. The SMILES string of the molecule is COc1ccc(NCCN2CCc3cc(S(=O)(=O)Nc4nccs4)ccc32)cc1.[HH]. The Hall–Kier alpha value is -2.78. The van der Waals surface area contributed by atoms with Gasteiger partial charge < -0.3 is 15.0 Å². The van der Waals surface area contributed by atoms with Gasteiger partial charge in [0, 0.05) is 44.0 Å². The summed E-state index contributed by atoms with van der Waals surface area (Å²) in [5.74, 6) is 0.833. The molecule has 4 rings (SSSR count). The van der Waals surface area contributed by atoms with Gasteiger partial charge in [0.05, 0.1) is 12.0 Å². The number of methoxy groups -OCH3 is 1. The molecule has 0 unspecified atom stereocenters. The van der Waals surface area contributed by atoms with Crippen LogP contribution < -0.4 is 19.7 Å². The molecule has 7 nitrogen and oxygen atoms in total. The summed E-state index contributed by atoms with van der Waals surface area (Å²) in [6.07, 6.45) is 2.40. The molecule has 1 aliphatic heterocycles. The molecule has 2 heterocycles. The summed E-state index contributed by atoms with van der Waals surface area (Å²) in [4.78, 5) is 6.53. The first-order chi connectivity index (χ1) is 14.0. The second kappa shape index (κ2) is 8.30. The van der Waals surface area contributed by atoms with Gasteiger partial charge in [-0.3, -0.25) is 4.72 Å². The standard InChI is InChI=1S/C20H22N4O3S2.H2/c1-27-17-4-2-16(3-5-17)21-9-12-24-11-8-15-14-18(6-7-19(15)24)29(25,26)23-20-22-10-13-28-20;/h2-7,10,13-14,21H,8-9,11-12H2,1H3,(H,22,23);1H. The summed E-state index contributed by atoms with van der Waals surface area (Å²) in [6, 6.07) is 13.1. The maximum atomic E-state index is 12.6. The minimum absolute atomic E-state index is 0. The highest BCUT2D eigenvalue weighted by atomic mass is 32.2. The van der Waals surface area contributed by atoms with Gasteiger partial charge in [0.25, 0.3) is 10.0 Å². The summed E-state index contributed by atoms with van der Waals surface area (Å²) in [7, 11) is -1.97. The van der Waals surface area contributed by atoms with Crippen molar-refractivity contribution in [3.63, 3.8) is 0 Å². The van der Waals surface area contributed by atoms with E-state index in [2.05, 4.69) is 19.9 Å². The third kappa shape index (κ3) is 4.46. The Morgan fingerprint density at radius 3 is 2.79 bits per heavy atom. The lowest BCUT2D eigenvalue weighted by atomic mass is 10.2. The Labute approximate surface area is 175 Å². The lowest BCUT2D eigenvalue weighted by Gasteiger charge is -2.20. The predicted molar refractivity (Wildman–Crippen MR) is 119 cm³/mol. The van der Waals surface area contributed by atoms with Crippen molar-refractivity contribution in [2.45, 2.75) is 11.3 Å². The third-order valence-electron chi connectivity index (χ3n) is 4.81. The van der Waals surface area contributed by atoms with Crippen molar-refractivity contribution >= 4 is 37.9 Å². The summed E-state index contributed by atoms with van der Waals surface area (Å²) >= 11 is 1.26. The molecule has 0 amide bonds. The predicted octanol–water partition coefficient (Wildman–Crippen LogP) is 3.67. The number of nitrogens with zero attached hydrogens (tertiary/aromatic N) is 2. The molecule has 0 saturated heterocycles. The number of aromatic nitrogens is 1. The fraction of sp³-hybridized carbons (Fsp3) is 0.250. The zero-order valence-corrected chi connectivity index (χ0v) is 17.6. The second-order valence-electron chi connectivity index (χ2n) is 6.63. The summed E-state index contributed by atoms with van der Waals surface area (Å²) < 4.78 is 32.9. The van der Waals surface area contributed by atoms with Gasteiger partial charge in [-0.05, 0) is 54.4 Å². The van der Waals surface area contributed by atoms with Gasteiger partial charge in [-0.1, -0.05) is 0 Å². The number of rotatable bonds is 8. The number of fused-ring (bicyclic) bond motifs is 1. The quantitative estimate of drug-likeness (QED) is 0.565. The Morgan fingerprint density at radius 2 is 2.07 bits per heavy atom. The third-order valence-corrected chi connectivity index (χ3v) is 6.96. The van der Waals surface area contributed by atoms with Crippen LogP contribution in [0.4, 0.5) is 16.5 Å². The van der Waals surface area contributed by atoms with Crippen LogP contribution in [0.15, 0.2) is 58.9 Å². The van der Waals surface area contributed by atoms with E-state index in [4.69, 9.17) is 4.74 Å². The van der Waals surface area contributed by atoms with Crippen LogP contribution in [0.2, 0.25) is 0 Å². The average molecular weight is 433 g/mol. The van der Waals surface area contributed by atoms with Crippen molar-refractivity contribution in [1.29, 1.82) is 0 Å². The molecule has 29 heavy (non-hydrogen) atoms. The zero-order valence-electron chi connectivity index (χ0n) is 16.0. The molecular weight excluding hydrogens is 408 g/mol. The van der Waals surface area contributed by atoms with Gasteiger partial charge in [-0.2, -0.15) is 0 Å². The van der Waals surface area contributed by atoms with Crippen LogP contribution in [0.3, 0.4) is 0 Å². The average Bonchev–Trinajstić information content (AvgIpc) is 3.38. The van der Waals surface area contributed by atoms with Crippen molar-refractivity contribution in [2.24, 2.45) is 0 Å². The normalized spacial score (nSPS) is 13.2. The molecule has 0 bridgehead atoms. The van der Waals surface area contributed by atoms with Crippen LogP contribution in [-0.2, 0) is 16.4 Å². The molecule has 0 aliphatic carbocycles. The molecule has 154 valence electrons. The van der Waals surface area contributed by atoms with Crippen molar-refractivity contribution in [1.82, 2.24) is 4.98 Å². The topological polar surface area (TPSA) is 83.6 Å². The molecular formula is C20H24N4O3S2. The molecule has 9 heteroatoms. The molecule has 0 spiro atoms. The second-order valence-corrected chi connectivity index (χ2v) is 9.20. The van der Waals surface area contributed by atoms with Crippen LogP contribution in [-0.4, -0.2) is 40.1 Å². The smallest absolute Gasteiger partial charge is 0.263 e. The van der Waals surface area contributed by atoms with Gasteiger partial charge in [0.15, 0.2) is 5.13 Å². The fourth-order valence-electron chi connectivity index (χ4n) is 3.34. The molecule has 0 atom stereocenters. The van der Waals surface area contributed by atoms with Gasteiger partial charge in [0.1, 0.15) is 5.75 Å². The van der Waals surface area contributed by atoms with E-state index >= 15 is 0 Å². The fourth-order valence-corrected chi connectivity index (χ4v) is 5.18. The maximum Gasteiger partial charge on any atom is 0.263 e. The first-order valence-corrected chi connectivity index (χ1v) is 11.6. The van der Waals surface area contributed by atoms with E-state index in [1.54, 1.807) is 30.8 Å². The van der Waals surface area contributed by atoms with E-state index in [0.717, 1.165) is 48.7 Å². The number of anilines is 3. The number of sulfonamides is 1. The highest BCUT2D eigenvalue weighted by molar-refractivity contribution is 7.93. The highest BCUT2D eigenvalue weighted by Crippen LogP contribution is 2.30. The molecule has 2 N–H and O–H groups in total. The molecule has 1 aromatic heterocycles. The zero-order chi connectivity index (χ0) is 20.3. The van der Waals surface area contributed by atoms with E-state index in [1.807, 2.05) is 30.3 Å². The number of hydrogen-bond acceptors (Lipinski definition) is 7. The summed E-state index contributed by atoms with van der Waals surface area (Å²) in [5, 5.41) is 5.51. The molecule has 1 aliphatic rings. The van der Waals surface area contributed by atoms with E-state index in [-0.39, 0.29) is 6.32 Å². The monoisotopic (exact) mass is 432 g/mol. The summed E-state index contributed by atoms with van der Waals surface area (Å²) in [5.41, 5.74) is 3.19. The first-order valence-electron chi connectivity index (χ1n) is 9.23. The Balaban J connectivity index is 0.00000256. The van der Waals surface area contributed by atoms with Crippen LogP contribution in [0.25, 0.3) is 0 Å². The number of thiazole rings is 1. The number of ether oxygens (including phenoxy) is 1. The van der Waals surface area contributed by atoms with Gasteiger partial charge in [-0.15, -0.1) is 11.3 Å². The number of benzene rings is 2. The molecule has 0 radical (unpaired) electrons. The number of hydrogen-bond donors (Lipinski definition) is 2. The first kappa shape index (κ1) is 19.5. The van der Waals surface area contributed by atoms with Gasteiger partial charge in [0.2, 0.25) is 0 Å². The molecule has 3 aromatic rings. The lowest BCUT2D eigenvalue weighted by molar-refractivity contribution is 0.415. The highest BCUT2D eigenvalue weighted by Gasteiger charge is 2.23. The summed E-state index contributed by atoms with van der Waals surface area (Å²) in [6.45, 7) is 2.50. The van der Waals surface area contributed by atoms with E-state index < -0.39 is 10.0 Å². The Morgan fingerprint density at radius 1 is 1.24 bits per heavy atom. The lowest BCUT2D eigenvalue weighted by Crippen LogP contribution is -2.27. The molecule has 0 saturated carbocycles. The number of nitrogens with one attached hydrogen (secondary N) is 2. The van der Waals surface area contributed by atoms with Crippen LogP contribution >= 0.6 is 11.3 Å². The Kier molecular flexibility index (Phi) is 5.59.